The zero-order chi connectivity index (χ0) is 10.8. The van der Waals surface area contributed by atoms with Crippen LogP contribution in [0.3, 0.4) is 0 Å². The van der Waals surface area contributed by atoms with Gasteiger partial charge in [-0.2, -0.15) is 0 Å². The molecule has 0 aromatic carbocycles. The standard InChI is InChI=1S/C10H9N3O2/c1-7-11-5-6-13(7)9-8(10(14)15)3-2-4-12-9/h2-6H,1H3,(H,14,15). The van der Waals surface area contributed by atoms with Gasteiger partial charge in [-0.3, -0.25) is 4.57 Å². The van der Waals surface area contributed by atoms with Crippen LogP contribution in [0, 0.1) is 6.92 Å². The van der Waals surface area contributed by atoms with Crippen LogP contribution in [0.1, 0.15) is 16.2 Å². The molecule has 2 heterocycles. The van der Waals surface area contributed by atoms with Gasteiger partial charge in [0.15, 0.2) is 5.82 Å². The maximum absolute atomic E-state index is 11.0. The third-order valence-electron chi connectivity index (χ3n) is 2.07. The fourth-order valence-corrected chi connectivity index (χ4v) is 1.36. The van der Waals surface area contributed by atoms with E-state index in [1.165, 1.54) is 6.07 Å². The van der Waals surface area contributed by atoms with Crippen molar-refractivity contribution >= 4 is 5.97 Å². The summed E-state index contributed by atoms with van der Waals surface area (Å²) in [6.07, 6.45) is 4.85. The smallest absolute Gasteiger partial charge is 0.339 e. The molecule has 15 heavy (non-hydrogen) atoms. The Bertz CT molecular complexity index is 505. The normalized spacial score (nSPS) is 10.2. The average molecular weight is 203 g/mol. The number of imidazole rings is 1. The molecule has 0 unspecified atom stereocenters. The van der Waals surface area contributed by atoms with Gasteiger partial charge in [0.25, 0.3) is 0 Å². The van der Waals surface area contributed by atoms with Crippen LogP contribution in [-0.4, -0.2) is 25.6 Å². The number of aryl methyl sites for hydroxylation is 1. The van der Waals surface area contributed by atoms with E-state index in [-0.39, 0.29) is 5.56 Å². The van der Waals surface area contributed by atoms with Gasteiger partial charge in [0.2, 0.25) is 0 Å². The van der Waals surface area contributed by atoms with Crippen molar-refractivity contribution in [3.63, 3.8) is 0 Å². The van der Waals surface area contributed by atoms with Gasteiger partial charge in [0, 0.05) is 18.6 Å². The monoisotopic (exact) mass is 203 g/mol. The molecule has 0 saturated carbocycles. The molecule has 0 saturated heterocycles. The SMILES string of the molecule is Cc1nccn1-c1ncccc1C(=O)O. The van der Waals surface area contributed by atoms with Gasteiger partial charge in [-0.1, -0.05) is 0 Å². The van der Waals surface area contributed by atoms with Gasteiger partial charge < -0.3 is 5.11 Å². The van der Waals surface area contributed by atoms with Crippen molar-refractivity contribution in [1.82, 2.24) is 14.5 Å². The maximum Gasteiger partial charge on any atom is 0.339 e. The first-order chi connectivity index (χ1) is 7.20. The topological polar surface area (TPSA) is 68.0 Å². The summed E-state index contributed by atoms with van der Waals surface area (Å²) in [7, 11) is 0. The van der Waals surface area contributed by atoms with Crippen LogP contribution < -0.4 is 0 Å². The molecule has 0 radical (unpaired) electrons. The molecule has 0 fully saturated rings. The number of carboxylic acid groups (broad SMARTS) is 1. The van der Waals surface area contributed by atoms with Crippen LogP contribution in [0.5, 0.6) is 0 Å². The summed E-state index contributed by atoms with van der Waals surface area (Å²) in [5.74, 6) is 0.0994. The molecule has 0 atom stereocenters. The number of pyridine rings is 1. The van der Waals surface area contributed by atoms with Gasteiger partial charge in [0.05, 0.1) is 0 Å². The van der Waals surface area contributed by atoms with Gasteiger partial charge in [-0.05, 0) is 19.1 Å². The van der Waals surface area contributed by atoms with E-state index in [1.807, 2.05) is 0 Å². The summed E-state index contributed by atoms with van der Waals surface area (Å²) in [5, 5.41) is 8.98. The predicted octanol–water partition coefficient (Wildman–Crippen LogP) is 1.27. The lowest BCUT2D eigenvalue weighted by Gasteiger charge is -2.06. The third-order valence-corrected chi connectivity index (χ3v) is 2.07. The molecule has 0 amide bonds. The van der Waals surface area contributed by atoms with Crippen LogP contribution in [0.2, 0.25) is 0 Å². The Labute approximate surface area is 86.0 Å². The molecule has 0 aliphatic heterocycles. The Kier molecular flexibility index (Phi) is 2.21. The first-order valence-corrected chi connectivity index (χ1v) is 4.39. The second-order valence-electron chi connectivity index (χ2n) is 3.02. The van der Waals surface area contributed by atoms with Crippen molar-refractivity contribution in [3.8, 4) is 5.82 Å². The fraction of sp³-hybridized carbons (Fsp3) is 0.100. The number of nitrogens with zero attached hydrogens (tertiary/aromatic N) is 3. The van der Waals surface area contributed by atoms with E-state index in [2.05, 4.69) is 9.97 Å². The second kappa shape index (κ2) is 3.53. The summed E-state index contributed by atoms with van der Waals surface area (Å²) >= 11 is 0. The van der Waals surface area contributed by atoms with Crippen LogP contribution in [0.15, 0.2) is 30.7 Å². The number of aromatic carboxylic acids is 1. The number of rotatable bonds is 2. The van der Waals surface area contributed by atoms with Crippen molar-refractivity contribution in [2.45, 2.75) is 6.92 Å². The number of carbonyl (C=O) groups is 1. The molecular weight excluding hydrogens is 194 g/mol. The minimum absolute atomic E-state index is 0.165. The first-order valence-electron chi connectivity index (χ1n) is 4.39. The molecule has 2 aromatic heterocycles. The Balaban J connectivity index is 2.63. The van der Waals surface area contributed by atoms with Crippen molar-refractivity contribution in [1.29, 1.82) is 0 Å². The zero-order valence-corrected chi connectivity index (χ0v) is 8.08. The molecule has 1 N–H and O–H groups in total. The minimum atomic E-state index is -0.994. The van der Waals surface area contributed by atoms with Gasteiger partial charge >= 0.3 is 5.97 Å². The lowest BCUT2D eigenvalue weighted by molar-refractivity contribution is 0.0696. The van der Waals surface area contributed by atoms with Crippen LogP contribution >= 0.6 is 0 Å². The molecule has 0 spiro atoms. The highest BCUT2D eigenvalue weighted by molar-refractivity contribution is 5.91. The highest BCUT2D eigenvalue weighted by Gasteiger charge is 2.12. The Morgan fingerprint density at radius 3 is 2.80 bits per heavy atom. The number of hydrogen-bond acceptors (Lipinski definition) is 3. The number of carboxylic acids is 1. The van der Waals surface area contributed by atoms with Crippen molar-refractivity contribution in [2.24, 2.45) is 0 Å². The van der Waals surface area contributed by atoms with Gasteiger partial charge in [-0.25, -0.2) is 14.8 Å². The molecule has 0 aliphatic rings. The van der Waals surface area contributed by atoms with E-state index in [1.54, 1.807) is 36.1 Å². The molecule has 0 bridgehead atoms. The van der Waals surface area contributed by atoms with Crippen LogP contribution in [0.25, 0.3) is 5.82 Å². The molecule has 5 nitrogen and oxygen atoms in total. The van der Waals surface area contributed by atoms with Crippen molar-refractivity contribution in [3.05, 3.63) is 42.1 Å². The quantitative estimate of drug-likeness (QED) is 0.798. The molecule has 2 aromatic rings. The maximum atomic E-state index is 11.0. The number of hydrogen-bond donors (Lipinski definition) is 1. The van der Waals surface area contributed by atoms with E-state index in [0.29, 0.717) is 11.6 Å². The van der Waals surface area contributed by atoms with Crippen LogP contribution in [-0.2, 0) is 0 Å². The summed E-state index contributed by atoms with van der Waals surface area (Å²) in [4.78, 5) is 19.0. The lowest BCUT2D eigenvalue weighted by atomic mass is 10.2. The Hall–Kier alpha value is -2.17. The largest absolute Gasteiger partial charge is 0.478 e. The summed E-state index contributed by atoms with van der Waals surface area (Å²) in [6.45, 7) is 1.79. The first kappa shape index (κ1) is 9.39. The van der Waals surface area contributed by atoms with Gasteiger partial charge in [-0.15, -0.1) is 0 Å². The van der Waals surface area contributed by atoms with Gasteiger partial charge in [0.1, 0.15) is 11.4 Å². The van der Waals surface area contributed by atoms with E-state index in [4.69, 9.17) is 5.11 Å². The van der Waals surface area contributed by atoms with E-state index >= 15 is 0 Å². The summed E-state index contributed by atoms with van der Waals surface area (Å²) < 4.78 is 1.64. The van der Waals surface area contributed by atoms with E-state index < -0.39 is 5.97 Å². The number of aromatic nitrogens is 3. The molecular formula is C10H9N3O2. The van der Waals surface area contributed by atoms with E-state index in [0.717, 1.165) is 0 Å². The summed E-state index contributed by atoms with van der Waals surface area (Å²) in [5.41, 5.74) is 0.165. The molecule has 5 heteroatoms. The highest BCUT2D eigenvalue weighted by Crippen LogP contribution is 2.12. The molecule has 2 rings (SSSR count). The Morgan fingerprint density at radius 1 is 1.40 bits per heavy atom. The average Bonchev–Trinajstić information content (AvgIpc) is 2.64. The second-order valence-corrected chi connectivity index (χ2v) is 3.02. The fourth-order valence-electron chi connectivity index (χ4n) is 1.36. The lowest BCUT2D eigenvalue weighted by Crippen LogP contribution is -2.07. The van der Waals surface area contributed by atoms with Crippen molar-refractivity contribution < 1.29 is 9.90 Å². The molecule has 76 valence electrons. The highest BCUT2D eigenvalue weighted by atomic mass is 16.4. The predicted molar refractivity (Wildman–Crippen MR) is 53.1 cm³/mol. The van der Waals surface area contributed by atoms with E-state index in [9.17, 15) is 4.79 Å². The third kappa shape index (κ3) is 1.59. The Morgan fingerprint density at radius 2 is 2.20 bits per heavy atom. The molecule has 0 aliphatic carbocycles. The minimum Gasteiger partial charge on any atom is -0.478 e. The van der Waals surface area contributed by atoms with Crippen LogP contribution in [0.4, 0.5) is 0 Å². The zero-order valence-electron chi connectivity index (χ0n) is 8.08. The van der Waals surface area contributed by atoms with Crippen molar-refractivity contribution in [2.75, 3.05) is 0 Å². The summed E-state index contributed by atoms with van der Waals surface area (Å²) in [6, 6.07) is 3.11.